The molecular weight excluding hydrogens is 293 g/mol. The van der Waals surface area contributed by atoms with E-state index in [1.807, 2.05) is 0 Å². The van der Waals surface area contributed by atoms with Gasteiger partial charge in [-0.15, -0.1) is 0 Å². The van der Waals surface area contributed by atoms with Gasteiger partial charge in [0.25, 0.3) is 5.89 Å². The molecule has 0 bridgehead atoms. The minimum atomic E-state index is -4.35. The van der Waals surface area contributed by atoms with Crippen LogP contribution >= 0.6 is 0 Å². The first-order chi connectivity index (χ1) is 10.4. The van der Waals surface area contributed by atoms with Crippen molar-refractivity contribution in [2.75, 3.05) is 0 Å². The molecule has 1 heterocycles. The predicted molar refractivity (Wildman–Crippen MR) is 73.7 cm³/mol. The molecule has 1 radical (unpaired) electrons. The molecule has 0 aliphatic heterocycles. The highest BCUT2D eigenvalue weighted by atomic mass is 19.4. The van der Waals surface area contributed by atoms with Gasteiger partial charge >= 0.3 is 6.18 Å². The largest absolute Gasteiger partial charge is 0.416 e. The molecule has 22 heavy (non-hydrogen) atoms. The predicted octanol–water partition coefficient (Wildman–Crippen LogP) is 4.53. The third kappa shape index (κ3) is 2.72. The van der Waals surface area contributed by atoms with Crippen LogP contribution in [0.25, 0.3) is 22.6 Å². The first kappa shape index (κ1) is 14.3. The zero-order chi connectivity index (χ0) is 15.7. The van der Waals surface area contributed by atoms with Crippen LogP contribution in [0.5, 0.6) is 0 Å². The fourth-order valence-corrected chi connectivity index (χ4v) is 2.09. The van der Waals surface area contributed by atoms with E-state index in [0.717, 1.165) is 12.1 Å². The number of nitrogens with zero attached hydrogens (tertiary/aromatic N) is 2. The SMILES string of the molecule is Cc1noc(-c2[c]cccc2-c2ccc(C(F)(F)F)cc2)n1. The zero-order valence-electron chi connectivity index (χ0n) is 11.5. The molecule has 0 aliphatic carbocycles. The highest BCUT2D eigenvalue weighted by Gasteiger charge is 2.30. The molecule has 0 amide bonds. The van der Waals surface area contributed by atoms with Gasteiger partial charge in [-0.05, 0) is 36.2 Å². The smallest absolute Gasteiger partial charge is 0.334 e. The van der Waals surface area contributed by atoms with E-state index in [1.54, 1.807) is 25.1 Å². The van der Waals surface area contributed by atoms with Crippen molar-refractivity contribution < 1.29 is 17.7 Å². The maximum atomic E-state index is 12.6. The Kier molecular flexibility index (Phi) is 3.44. The molecule has 0 unspecified atom stereocenters. The summed E-state index contributed by atoms with van der Waals surface area (Å²) in [5, 5.41) is 3.72. The van der Waals surface area contributed by atoms with Crippen molar-refractivity contribution in [1.29, 1.82) is 0 Å². The Morgan fingerprint density at radius 2 is 1.82 bits per heavy atom. The average Bonchev–Trinajstić information content (AvgIpc) is 2.93. The van der Waals surface area contributed by atoms with Crippen LogP contribution in [0, 0.1) is 13.0 Å². The highest BCUT2D eigenvalue weighted by molar-refractivity contribution is 5.79. The number of hydrogen-bond donors (Lipinski definition) is 0. The maximum absolute atomic E-state index is 12.6. The lowest BCUT2D eigenvalue weighted by molar-refractivity contribution is -0.137. The summed E-state index contributed by atoms with van der Waals surface area (Å²) in [5.74, 6) is 0.763. The Hall–Kier alpha value is -2.63. The second-order valence-electron chi connectivity index (χ2n) is 4.68. The van der Waals surface area contributed by atoms with E-state index in [-0.39, 0.29) is 5.89 Å². The van der Waals surface area contributed by atoms with Crippen molar-refractivity contribution in [2.45, 2.75) is 13.1 Å². The van der Waals surface area contributed by atoms with E-state index in [1.165, 1.54) is 12.1 Å². The van der Waals surface area contributed by atoms with Gasteiger partial charge in [-0.2, -0.15) is 18.2 Å². The first-order valence-corrected chi connectivity index (χ1v) is 6.44. The molecule has 3 nitrogen and oxygen atoms in total. The number of halogens is 3. The zero-order valence-corrected chi connectivity index (χ0v) is 11.5. The molecule has 1 aromatic heterocycles. The van der Waals surface area contributed by atoms with Crippen molar-refractivity contribution in [3.05, 3.63) is 59.9 Å². The van der Waals surface area contributed by atoms with Crippen molar-refractivity contribution >= 4 is 0 Å². The summed E-state index contributed by atoms with van der Waals surface area (Å²) in [6, 6.07) is 13.1. The van der Waals surface area contributed by atoms with Crippen LogP contribution in [0.4, 0.5) is 13.2 Å². The summed E-state index contributed by atoms with van der Waals surface area (Å²) in [4.78, 5) is 4.13. The molecule has 6 heteroatoms. The monoisotopic (exact) mass is 303 g/mol. The second kappa shape index (κ2) is 5.29. The number of benzene rings is 2. The van der Waals surface area contributed by atoms with Gasteiger partial charge in [0.1, 0.15) is 0 Å². The van der Waals surface area contributed by atoms with E-state index in [4.69, 9.17) is 4.52 Å². The third-order valence-corrected chi connectivity index (χ3v) is 3.12. The number of aryl methyl sites for hydroxylation is 1. The minimum Gasteiger partial charge on any atom is -0.334 e. The Morgan fingerprint density at radius 3 is 2.41 bits per heavy atom. The molecule has 0 atom stereocenters. The fourth-order valence-electron chi connectivity index (χ4n) is 2.09. The van der Waals surface area contributed by atoms with Gasteiger partial charge in [-0.3, -0.25) is 0 Å². The van der Waals surface area contributed by atoms with Crippen LogP contribution < -0.4 is 0 Å². The van der Waals surface area contributed by atoms with Gasteiger partial charge in [-0.25, -0.2) is 0 Å². The normalized spacial score (nSPS) is 11.6. The summed E-state index contributed by atoms with van der Waals surface area (Å²) in [7, 11) is 0. The molecule has 3 rings (SSSR count). The van der Waals surface area contributed by atoms with Crippen LogP contribution in [0.1, 0.15) is 11.4 Å². The number of aromatic nitrogens is 2. The Bertz CT molecular complexity index is 792. The second-order valence-corrected chi connectivity index (χ2v) is 4.68. The van der Waals surface area contributed by atoms with E-state index in [2.05, 4.69) is 16.2 Å². The van der Waals surface area contributed by atoms with Crippen molar-refractivity contribution in [3.8, 4) is 22.6 Å². The molecular formula is C16H10F3N2O. The molecule has 0 saturated heterocycles. The lowest BCUT2D eigenvalue weighted by Gasteiger charge is -2.09. The highest BCUT2D eigenvalue weighted by Crippen LogP contribution is 2.34. The molecule has 0 spiro atoms. The third-order valence-electron chi connectivity index (χ3n) is 3.12. The van der Waals surface area contributed by atoms with Crippen molar-refractivity contribution in [1.82, 2.24) is 10.1 Å². The lowest BCUT2D eigenvalue weighted by Crippen LogP contribution is -2.04. The van der Waals surface area contributed by atoms with Crippen molar-refractivity contribution in [2.24, 2.45) is 0 Å². The fraction of sp³-hybridized carbons (Fsp3) is 0.125. The summed E-state index contributed by atoms with van der Waals surface area (Å²) in [6.45, 7) is 1.69. The Morgan fingerprint density at radius 1 is 1.09 bits per heavy atom. The van der Waals surface area contributed by atoms with Gasteiger partial charge < -0.3 is 4.52 Å². The number of hydrogen-bond acceptors (Lipinski definition) is 3. The summed E-state index contributed by atoms with van der Waals surface area (Å²) < 4.78 is 43.0. The topological polar surface area (TPSA) is 38.9 Å². The van der Waals surface area contributed by atoms with Crippen LogP contribution in [0.15, 0.2) is 47.0 Å². The molecule has 3 aromatic rings. The van der Waals surface area contributed by atoms with Gasteiger partial charge in [0, 0.05) is 0 Å². The molecule has 0 aliphatic rings. The van der Waals surface area contributed by atoms with Gasteiger partial charge in [0.2, 0.25) is 0 Å². The number of alkyl halides is 3. The molecule has 111 valence electrons. The van der Waals surface area contributed by atoms with Crippen LogP contribution in [0.3, 0.4) is 0 Å². The molecule has 0 saturated carbocycles. The first-order valence-electron chi connectivity index (χ1n) is 6.44. The van der Waals surface area contributed by atoms with Gasteiger partial charge in [-0.1, -0.05) is 35.5 Å². The molecule has 2 aromatic carbocycles. The number of rotatable bonds is 2. The average molecular weight is 303 g/mol. The molecule has 0 N–H and O–H groups in total. The quantitative estimate of drug-likeness (QED) is 0.698. The summed E-state index contributed by atoms with van der Waals surface area (Å²) in [5.41, 5.74) is 1.17. The maximum Gasteiger partial charge on any atom is 0.416 e. The van der Waals surface area contributed by atoms with Crippen molar-refractivity contribution in [3.63, 3.8) is 0 Å². The minimum absolute atomic E-state index is 0.285. The summed E-state index contributed by atoms with van der Waals surface area (Å²) in [6.07, 6.45) is -4.35. The lowest BCUT2D eigenvalue weighted by atomic mass is 9.98. The van der Waals surface area contributed by atoms with E-state index in [0.29, 0.717) is 22.5 Å². The van der Waals surface area contributed by atoms with Gasteiger partial charge in [0.05, 0.1) is 11.1 Å². The standard InChI is InChI=1S/C16H10F3N2O/c1-10-20-15(22-21-10)14-5-3-2-4-13(14)11-6-8-12(9-7-11)16(17,18)19/h2-4,6-9H,1H3. The Labute approximate surface area is 124 Å². The van der Waals surface area contributed by atoms with E-state index >= 15 is 0 Å². The van der Waals surface area contributed by atoms with Crippen LogP contribution in [-0.4, -0.2) is 10.1 Å². The molecule has 0 fully saturated rings. The summed E-state index contributed by atoms with van der Waals surface area (Å²) >= 11 is 0. The Balaban J connectivity index is 2.06. The van der Waals surface area contributed by atoms with Gasteiger partial charge in [0.15, 0.2) is 5.82 Å². The van der Waals surface area contributed by atoms with E-state index < -0.39 is 11.7 Å². The van der Waals surface area contributed by atoms with E-state index in [9.17, 15) is 13.2 Å². The van der Waals surface area contributed by atoms with Crippen LogP contribution in [-0.2, 0) is 6.18 Å². The van der Waals surface area contributed by atoms with Crippen LogP contribution in [0.2, 0.25) is 0 Å².